The first-order valence-corrected chi connectivity index (χ1v) is 8.15. The van der Waals surface area contributed by atoms with Crippen molar-refractivity contribution in [2.75, 3.05) is 18.0 Å². The molecule has 4 nitrogen and oxygen atoms in total. The van der Waals surface area contributed by atoms with E-state index in [2.05, 4.69) is 36.2 Å². The van der Waals surface area contributed by atoms with Crippen LogP contribution in [0.2, 0.25) is 0 Å². The number of nitrogens with zero attached hydrogens (tertiary/aromatic N) is 1. The molecule has 1 aliphatic rings. The molecule has 2 amide bonds. The molecule has 0 atom stereocenters. The minimum Gasteiger partial charge on any atom is -0.372 e. The van der Waals surface area contributed by atoms with Crippen LogP contribution in [0.3, 0.4) is 0 Å². The summed E-state index contributed by atoms with van der Waals surface area (Å²) in [6.45, 7) is 6.16. The Morgan fingerprint density at radius 3 is 2.12 bits per heavy atom. The third-order valence-corrected chi connectivity index (χ3v) is 4.27. The van der Waals surface area contributed by atoms with E-state index in [9.17, 15) is 9.59 Å². The van der Waals surface area contributed by atoms with E-state index in [4.69, 9.17) is 0 Å². The van der Waals surface area contributed by atoms with Crippen LogP contribution in [0.1, 0.15) is 35.3 Å². The lowest BCUT2D eigenvalue weighted by Gasteiger charge is -2.21. The summed E-state index contributed by atoms with van der Waals surface area (Å²) in [5, 5.41) is 2.40. The molecule has 1 N–H and O–H groups in total. The SMILES string of the molecule is CCN(CC)c1ccc(C=C2C(=O)NC(=O)c3ccccc32)cc1. The van der Waals surface area contributed by atoms with Crippen LogP contribution >= 0.6 is 0 Å². The number of benzene rings is 2. The lowest BCUT2D eigenvalue weighted by molar-refractivity contribution is -0.114. The van der Waals surface area contributed by atoms with Gasteiger partial charge in [-0.25, -0.2) is 0 Å². The Kier molecular flexibility index (Phi) is 4.47. The molecule has 2 aromatic carbocycles. The zero-order valence-electron chi connectivity index (χ0n) is 13.9. The van der Waals surface area contributed by atoms with Crippen molar-refractivity contribution in [2.24, 2.45) is 0 Å². The van der Waals surface area contributed by atoms with Gasteiger partial charge < -0.3 is 4.90 Å². The fraction of sp³-hybridized carbons (Fsp3) is 0.200. The smallest absolute Gasteiger partial charge is 0.258 e. The fourth-order valence-electron chi connectivity index (χ4n) is 2.96. The van der Waals surface area contributed by atoms with E-state index in [1.165, 1.54) is 0 Å². The first-order chi connectivity index (χ1) is 11.6. The Hall–Kier alpha value is -2.88. The average Bonchev–Trinajstić information content (AvgIpc) is 2.61. The lowest BCUT2D eigenvalue weighted by atomic mass is 9.93. The van der Waals surface area contributed by atoms with Crippen LogP contribution < -0.4 is 10.2 Å². The zero-order valence-corrected chi connectivity index (χ0v) is 13.9. The van der Waals surface area contributed by atoms with Crippen LogP contribution in [-0.4, -0.2) is 24.9 Å². The van der Waals surface area contributed by atoms with Crippen molar-refractivity contribution >= 4 is 29.2 Å². The van der Waals surface area contributed by atoms with E-state index in [0.29, 0.717) is 16.7 Å². The molecule has 0 aromatic heterocycles. The first kappa shape index (κ1) is 16.0. The third kappa shape index (κ3) is 2.95. The molecule has 0 aliphatic carbocycles. The van der Waals surface area contributed by atoms with Crippen molar-refractivity contribution < 1.29 is 9.59 Å². The van der Waals surface area contributed by atoms with Crippen LogP contribution in [0.25, 0.3) is 11.6 Å². The van der Waals surface area contributed by atoms with E-state index in [1.54, 1.807) is 12.1 Å². The van der Waals surface area contributed by atoms with Gasteiger partial charge in [-0.3, -0.25) is 14.9 Å². The van der Waals surface area contributed by atoms with Crippen molar-refractivity contribution in [2.45, 2.75) is 13.8 Å². The number of nitrogens with one attached hydrogen (secondary N) is 1. The number of hydrogen-bond acceptors (Lipinski definition) is 3. The van der Waals surface area contributed by atoms with Gasteiger partial charge >= 0.3 is 0 Å². The number of amides is 2. The molecule has 122 valence electrons. The van der Waals surface area contributed by atoms with Crippen LogP contribution in [0.15, 0.2) is 48.5 Å². The maximum atomic E-state index is 12.2. The maximum Gasteiger partial charge on any atom is 0.258 e. The summed E-state index contributed by atoms with van der Waals surface area (Å²) in [6.07, 6.45) is 1.83. The topological polar surface area (TPSA) is 49.4 Å². The van der Waals surface area contributed by atoms with E-state index in [0.717, 1.165) is 24.3 Å². The van der Waals surface area contributed by atoms with Gasteiger partial charge in [0.1, 0.15) is 0 Å². The van der Waals surface area contributed by atoms with Gasteiger partial charge in [-0.15, -0.1) is 0 Å². The molecule has 1 aliphatic heterocycles. The van der Waals surface area contributed by atoms with Crippen molar-refractivity contribution in [3.05, 3.63) is 65.2 Å². The van der Waals surface area contributed by atoms with E-state index >= 15 is 0 Å². The minimum absolute atomic E-state index is 0.343. The van der Waals surface area contributed by atoms with Crippen molar-refractivity contribution in [3.63, 3.8) is 0 Å². The monoisotopic (exact) mass is 320 g/mol. The lowest BCUT2D eigenvalue weighted by Crippen LogP contribution is -2.36. The summed E-state index contributed by atoms with van der Waals surface area (Å²) in [7, 11) is 0. The Bertz CT molecular complexity index is 803. The number of imide groups is 1. The fourth-order valence-corrected chi connectivity index (χ4v) is 2.96. The van der Waals surface area contributed by atoms with Gasteiger partial charge in [0.05, 0.1) is 0 Å². The second kappa shape index (κ2) is 6.71. The zero-order chi connectivity index (χ0) is 17.1. The maximum absolute atomic E-state index is 12.2. The third-order valence-electron chi connectivity index (χ3n) is 4.27. The normalized spacial score (nSPS) is 15.2. The second-order valence-corrected chi connectivity index (χ2v) is 5.65. The van der Waals surface area contributed by atoms with Gasteiger partial charge in [0.25, 0.3) is 11.8 Å². The Morgan fingerprint density at radius 2 is 1.50 bits per heavy atom. The molecule has 0 fully saturated rings. The molecule has 4 heteroatoms. The molecule has 0 bridgehead atoms. The van der Waals surface area contributed by atoms with Gasteiger partial charge in [0.15, 0.2) is 0 Å². The predicted molar refractivity (Wildman–Crippen MR) is 96.8 cm³/mol. The summed E-state index contributed by atoms with van der Waals surface area (Å²) in [5.74, 6) is -0.698. The van der Waals surface area contributed by atoms with Crippen molar-refractivity contribution in [3.8, 4) is 0 Å². The van der Waals surface area contributed by atoms with Crippen LogP contribution in [0.5, 0.6) is 0 Å². The Balaban J connectivity index is 1.98. The van der Waals surface area contributed by atoms with Crippen molar-refractivity contribution in [1.29, 1.82) is 0 Å². The highest BCUT2D eigenvalue weighted by molar-refractivity contribution is 6.33. The minimum atomic E-state index is -0.355. The number of rotatable bonds is 4. The van der Waals surface area contributed by atoms with Gasteiger partial charge in [-0.1, -0.05) is 30.3 Å². The van der Waals surface area contributed by atoms with Gasteiger partial charge in [-0.2, -0.15) is 0 Å². The Morgan fingerprint density at radius 1 is 0.875 bits per heavy atom. The molecule has 0 saturated carbocycles. The highest BCUT2D eigenvalue weighted by Gasteiger charge is 2.26. The highest BCUT2D eigenvalue weighted by Crippen LogP contribution is 2.26. The number of anilines is 1. The molecular formula is C20H20N2O2. The second-order valence-electron chi connectivity index (χ2n) is 5.65. The average molecular weight is 320 g/mol. The quantitative estimate of drug-likeness (QED) is 0.694. The first-order valence-electron chi connectivity index (χ1n) is 8.15. The van der Waals surface area contributed by atoms with E-state index in [1.807, 2.05) is 30.3 Å². The predicted octanol–water partition coefficient (Wildman–Crippen LogP) is 3.34. The van der Waals surface area contributed by atoms with Crippen LogP contribution in [0, 0.1) is 0 Å². The van der Waals surface area contributed by atoms with E-state index < -0.39 is 0 Å². The molecular weight excluding hydrogens is 300 g/mol. The molecule has 2 aromatic rings. The number of hydrogen-bond donors (Lipinski definition) is 1. The largest absolute Gasteiger partial charge is 0.372 e. The van der Waals surface area contributed by atoms with Gasteiger partial charge in [0.2, 0.25) is 0 Å². The molecule has 0 spiro atoms. The summed E-state index contributed by atoms with van der Waals surface area (Å²) >= 11 is 0. The standard InChI is InChI=1S/C20H20N2O2/c1-3-22(4-2)15-11-9-14(10-12-15)13-18-16-7-5-6-8-17(16)19(23)21-20(18)24/h5-13H,3-4H2,1-2H3,(H,21,23,24). The molecule has 3 rings (SSSR count). The van der Waals surface area contributed by atoms with Crippen LogP contribution in [0.4, 0.5) is 5.69 Å². The summed E-state index contributed by atoms with van der Waals surface area (Å²) < 4.78 is 0. The molecule has 0 saturated heterocycles. The molecule has 1 heterocycles. The Labute approximate surface area is 141 Å². The number of carbonyl (C=O) groups is 2. The van der Waals surface area contributed by atoms with Crippen LogP contribution in [-0.2, 0) is 4.79 Å². The van der Waals surface area contributed by atoms with E-state index in [-0.39, 0.29) is 11.8 Å². The number of carbonyl (C=O) groups excluding carboxylic acids is 2. The summed E-state index contributed by atoms with van der Waals surface area (Å²) in [5.41, 5.74) is 3.81. The summed E-state index contributed by atoms with van der Waals surface area (Å²) in [4.78, 5) is 26.4. The molecule has 0 unspecified atom stereocenters. The highest BCUT2D eigenvalue weighted by atomic mass is 16.2. The molecule has 0 radical (unpaired) electrons. The molecule has 24 heavy (non-hydrogen) atoms. The van der Waals surface area contributed by atoms with Crippen molar-refractivity contribution in [1.82, 2.24) is 5.32 Å². The summed E-state index contributed by atoms with van der Waals surface area (Å²) in [6, 6.07) is 15.3. The number of fused-ring (bicyclic) bond motifs is 1. The van der Waals surface area contributed by atoms with Gasteiger partial charge in [-0.05, 0) is 49.2 Å². The van der Waals surface area contributed by atoms with Gasteiger partial charge in [0, 0.05) is 29.9 Å².